The van der Waals surface area contributed by atoms with Crippen LogP contribution in [0.5, 0.6) is 5.75 Å². The van der Waals surface area contributed by atoms with Crippen LogP contribution in [0.4, 0.5) is 4.39 Å². The number of rotatable bonds is 4. The van der Waals surface area contributed by atoms with E-state index in [0.717, 1.165) is 6.07 Å². The predicted molar refractivity (Wildman–Crippen MR) is 75.0 cm³/mol. The Hall–Kier alpha value is -2.07. The number of hydrogen-bond acceptors (Lipinski definition) is 2. The highest BCUT2D eigenvalue weighted by Gasteiger charge is 2.18. The lowest BCUT2D eigenvalue weighted by molar-refractivity contribution is 0.0693. The summed E-state index contributed by atoms with van der Waals surface area (Å²) >= 11 is 6.13. The van der Waals surface area contributed by atoms with Gasteiger partial charge in [-0.1, -0.05) is 23.7 Å². The molecule has 0 aliphatic carbocycles. The first-order chi connectivity index (χ1) is 9.54. The normalized spacial score (nSPS) is 10.3. The predicted octanol–water partition coefficient (Wildman–Crippen LogP) is 4.24. The molecular weight excluding hydrogens is 283 g/mol. The maximum absolute atomic E-state index is 13.7. The number of benzene rings is 2. The zero-order valence-electron chi connectivity index (χ0n) is 10.7. The third-order valence-corrected chi connectivity index (χ3v) is 3.08. The Morgan fingerprint density at radius 2 is 2.05 bits per heavy atom. The molecule has 0 saturated heterocycles. The minimum absolute atomic E-state index is 0.241. The molecule has 1 N–H and O–H groups in total. The third kappa shape index (κ3) is 2.75. The van der Waals surface area contributed by atoms with E-state index < -0.39 is 17.3 Å². The molecule has 20 heavy (non-hydrogen) atoms. The van der Waals surface area contributed by atoms with Crippen molar-refractivity contribution >= 4 is 17.6 Å². The van der Waals surface area contributed by atoms with Crippen LogP contribution in [0.3, 0.4) is 0 Å². The fraction of sp³-hybridized carbons (Fsp3) is 0.133. The Labute approximate surface area is 120 Å². The van der Waals surface area contributed by atoms with E-state index >= 15 is 0 Å². The smallest absolute Gasteiger partial charge is 0.339 e. The standard InChI is InChI=1S/C15H12ClFO3/c1-2-20-9-6-7-10(12(16)8-9)11-4-3-5-13(17)14(11)15(18)19/h3-8H,2H2,1H3,(H,18,19). The molecule has 0 aromatic heterocycles. The fourth-order valence-corrected chi connectivity index (χ4v) is 2.21. The maximum Gasteiger partial charge on any atom is 0.339 e. The molecule has 5 heteroatoms. The highest BCUT2D eigenvalue weighted by atomic mass is 35.5. The molecule has 0 radical (unpaired) electrons. The molecule has 0 atom stereocenters. The largest absolute Gasteiger partial charge is 0.494 e. The van der Waals surface area contributed by atoms with Crippen LogP contribution in [-0.4, -0.2) is 17.7 Å². The second-order valence-corrected chi connectivity index (χ2v) is 4.45. The number of ether oxygens (including phenoxy) is 1. The van der Waals surface area contributed by atoms with E-state index in [-0.39, 0.29) is 5.56 Å². The van der Waals surface area contributed by atoms with Crippen molar-refractivity contribution in [3.05, 3.63) is 52.8 Å². The summed E-state index contributed by atoms with van der Waals surface area (Å²) in [6.07, 6.45) is 0. The summed E-state index contributed by atoms with van der Waals surface area (Å²) in [4.78, 5) is 11.2. The van der Waals surface area contributed by atoms with Gasteiger partial charge in [0.25, 0.3) is 0 Å². The van der Waals surface area contributed by atoms with Gasteiger partial charge in [-0.2, -0.15) is 0 Å². The molecule has 0 saturated carbocycles. The monoisotopic (exact) mass is 294 g/mol. The third-order valence-electron chi connectivity index (χ3n) is 2.77. The van der Waals surface area contributed by atoms with Crippen LogP contribution in [0.25, 0.3) is 11.1 Å². The van der Waals surface area contributed by atoms with E-state index in [1.807, 2.05) is 6.92 Å². The first-order valence-corrected chi connectivity index (χ1v) is 6.37. The second kappa shape index (κ2) is 5.92. The molecule has 2 aromatic carbocycles. The highest BCUT2D eigenvalue weighted by molar-refractivity contribution is 6.33. The van der Waals surface area contributed by atoms with E-state index in [4.69, 9.17) is 21.4 Å². The van der Waals surface area contributed by atoms with Crippen molar-refractivity contribution in [3.8, 4) is 16.9 Å². The Bertz CT molecular complexity index is 656. The van der Waals surface area contributed by atoms with Crippen LogP contribution >= 0.6 is 11.6 Å². The molecule has 0 spiro atoms. The summed E-state index contributed by atoms with van der Waals surface area (Å²) in [5.74, 6) is -1.54. The Kier molecular flexibility index (Phi) is 4.25. The number of hydrogen-bond donors (Lipinski definition) is 1. The molecule has 3 nitrogen and oxygen atoms in total. The van der Waals surface area contributed by atoms with Crippen LogP contribution in [0.1, 0.15) is 17.3 Å². The molecule has 2 aromatic rings. The topological polar surface area (TPSA) is 46.5 Å². The van der Waals surface area contributed by atoms with Gasteiger partial charge in [-0.05, 0) is 31.2 Å². The lowest BCUT2D eigenvalue weighted by atomic mass is 9.99. The van der Waals surface area contributed by atoms with Crippen LogP contribution in [0, 0.1) is 5.82 Å². The summed E-state index contributed by atoms with van der Waals surface area (Å²) in [5.41, 5.74) is 0.302. The number of carbonyl (C=O) groups is 1. The average Bonchev–Trinajstić information content (AvgIpc) is 2.38. The number of carboxylic acid groups (broad SMARTS) is 1. The van der Waals surface area contributed by atoms with E-state index in [1.165, 1.54) is 12.1 Å². The molecular formula is C15H12ClFO3. The molecule has 0 aliphatic heterocycles. The summed E-state index contributed by atoms with van der Waals surface area (Å²) in [6.45, 7) is 2.34. The average molecular weight is 295 g/mol. The molecule has 0 amide bonds. The number of carboxylic acids is 1. The zero-order chi connectivity index (χ0) is 14.7. The Morgan fingerprint density at radius 1 is 1.30 bits per heavy atom. The molecule has 0 unspecified atom stereocenters. The van der Waals surface area contributed by atoms with Gasteiger partial charge in [-0.15, -0.1) is 0 Å². The van der Waals surface area contributed by atoms with Crippen LogP contribution < -0.4 is 4.74 Å². The minimum atomic E-state index is -1.33. The highest BCUT2D eigenvalue weighted by Crippen LogP contribution is 2.34. The van der Waals surface area contributed by atoms with Gasteiger partial charge in [0.1, 0.15) is 17.1 Å². The molecule has 2 rings (SSSR count). The molecule has 0 heterocycles. The van der Waals surface area contributed by atoms with Crippen molar-refractivity contribution in [2.24, 2.45) is 0 Å². The van der Waals surface area contributed by atoms with Gasteiger partial charge in [-0.25, -0.2) is 9.18 Å². The van der Waals surface area contributed by atoms with Gasteiger partial charge in [-0.3, -0.25) is 0 Å². The van der Waals surface area contributed by atoms with E-state index in [1.54, 1.807) is 18.2 Å². The minimum Gasteiger partial charge on any atom is -0.494 e. The van der Waals surface area contributed by atoms with E-state index in [2.05, 4.69) is 0 Å². The Morgan fingerprint density at radius 3 is 2.65 bits per heavy atom. The van der Waals surface area contributed by atoms with Crippen LogP contribution in [0.15, 0.2) is 36.4 Å². The molecule has 0 bridgehead atoms. The van der Waals surface area contributed by atoms with Crippen LogP contribution in [-0.2, 0) is 0 Å². The van der Waals surface area contributed by atoms with E-state index in [0.29, 0.717) is 22.9 Å². The molecule has 104 valence electrons. The van der Waals surface area contributed by atoms with Gasteiger partial charge in [0.2, 0.25) is 0 Å². The SMILES string of the molecule is CCOc1ccc(-c2cccc(F)c2C(=O)O)c(Cl)c1. The van der Waals surface area contributed by atoms with Crippen molar-refractivity contribution in [2.45, 2.75) is 6.92 Å². The maximum atomic E-state index is 13.7. The summed E-state index contributed by atoms with van der Waals surface area (Å²) in [7, 11) is 0. The van der Waals surface area contributed by atoms with Crippen molar-refractivity contribution in [1.82, 2.24) is 0 Å². The van der Waals surface area contributed by atoms with Crippen molar-refractivity contribution in [2.75, 3.05) is 6.61 Å². The summed E-state index contributed by atoms with van der Waals surface area (Å²) < 4.78 is 19.0. The van der Waals surface area contributed by atoms with Gasteiger partial charge in [0.15, 0.2) is 0 Å². The Balaban J connectivity index is 2.57. The van der Waals surface area contributed by atoms with Crippen molar-refractivity contribution in [1.29, 1.82) is 0 Å². The zero-order valence-corrected chi connectivity index (χ0v) is 11.4. The van der Waals surface area contributed by atoms with Gasteiger partial charge in [0, 0.05) is 11.1 Å². The number of aromatic carboxylic acids is 1. The van der Waals surface area contributed by atoms with Gasteiger partial charge < -0.3 is 9.84 Å². The van der Waals surface area contributed by atoms with E-state index in [9.17, 15) is 9.18 Å². The summed E-state index contributed by atoms with van der Waals surface area (Å²) in [6, 6.07) is 8.94. The van der Waals surface area contributed by atoms with Crippen molar-refractivity contribution in [3.63, 3.8) is 0 Å². The lowest BCUT2D eigenvalue weighted by Gasteiger charge is -2.11. The van der Waals surface area contributed by atoms with Crippen molar-refractivity contribution < 1.29 is 19.0 Å². The molecule has 0 fully saturated rings. The summed E-state index contributed by atoms with van der Waals surface area (Å²) in [5, 5.41) is 9.44. The molecule has 0 aliphatic rings. The van der Waals surface area contributed by atoms with Gasteiger partial charge in [0.05, 0.1) is 11.6 Å². The van der Waals surface area contributed by atoms with Crippen LogP contribution in [0.2, 0.25) is 5.02 Å². The number of halogens is 2. The first-order valence-electron chi connectivity index (χ1n) is 5.99. The fourth-order valence-electron chi connectivity index (χ4n) is 1.94. The quantitative estimate of drug-likeness (QED) is 0.917. The second-order valence-electron chi connectivity index (χ2n) is 4.04. The lowest BCUT2D eigenvalue weighted by Crippen LogP contribution is -2.03. The van der Waals surface area contributed by atoms with Gasteiger partial charge >= 0.3 is 5.97 Å². The first kappa shape index (κ1) is 14.3.